The highest BCUT2D eigenvalue weighted by molar-refractivity contribution is 7.92. The Labute approximate surface area is 156 Å². The first-order valence-corrected chi connectivity index (χ1v) is 10.4. The van der Waals surface area contributed by atoms with Gasteiger partial charge in [-0.3, -0.25) is 14.6 Å². The molecule has 1 aliphatic rings. The van der Waals surface area contributed by atoms with Crippen molar-refractivity contribution in [1.82, 2.24) is 15.1 Å². The molecule has 1 aromatic heterocycles. The molecule has 1 fully saturated rings. The summed E-state index contributed by atoms with van der Waals surface area (Å²) in [6.45, 7) is 0.549. The molecule has 4 N–H and O–H groups in total. The number of hydrogen-bond donors (Lipinski definition) is 3. The molecule has 2 heterocycles. The fraction of sp³-hybridized carbons (Fsp3) is 0.375. The van der Waals surface area contributed by atoms with Crippen molar-refractivity contribution in [3.05, 3.63) is 40.5 Å². The van der Waals surface area contributed by atoms with Gasteiger partial charge >= 0.3 is 0 Å². The highest BCUT2D eigenvalue weighted by atomic mass is 35.5. The molecule has 10 heteroatoms. The zero-order chi connectivity index (χ0) is 18.9. The molecule has 0 bridgehead atoms. The van der Waals surface area contributed by atoms with E-state index in [1.54, 1.807) is 11.0 Å². The molecule has 0 spiro atoms. The standard InChI is InChI=1S/C16H20ClN5O3S/c1-26(24,25)21-12-6-5-10(17)8-11(12)16(23)22-7-3-2-4-14(22)13-9-15(18)20-19-13/h5-6,8-9,14,21H,2-4,7H2,1H3,(H3,18,19,20)/t14-/m0/s1. The first-order valence-electron chi connectivity index (χ1n) is 8.14. The summed E-state index contributed by atoms with van der Waals surface area (Å²) in [4.78, 5) is 14.9. The van der Waals surface area contributed by atoms with Gasteiger partial charge in [0.1, 0.15) is 5.82 Å². The Morgan fingerprint density at radius 2 is 2.15 bits per heavy atom. The van der Waals surface area contributed by atoms with Crippen molar-refractivity contribution < 1.29 is 13.2 Å². The Morgan fingerprint density at radius 3 is 2.81 bits per heavy atom. The van der Waals surface area contributed by atoms with Gasteiger partial charge in [-0.05, 0) is 37.5 Å². The van der Waals surface area contributed by atoms with Crippen molar-refractivity contribution in [2.45, 2.75) is 25.3 Å². The van der Waals surface area contributed by atoms with Crippen LogP contribution in [0.2, 0.25) is 5.02 Å². The molecule has 1 aromatic carbocycles. The highest BCUT2D eigenvalue weighted by Gasteiger charge is 2.31. The van der Waals surface area contributed by atoms with Crippen molar-refractivity contribution in [3.8, 4) is 0 Å². The molecule has 0 radical (unpaired) electrons. The van der Waals surface area contributed by atoms with E-state index in [1.165, 1.54) is 18.2 Å². The number of sulfonamides is 1. The second kappa shape index (κ2) is 7.16. The Kier molecular flexibility index (Phi) is 5.10. The number of nitrogens with one attached hydrogen (secondary N) is 2. The predicted octanol–water partition coefficient (Wildman–Crippen LogP) is 2.38. The van der Waals surface area contributed by atoms with Gasteiger partial charge in [0, 0.05) is 17.6 Å². The van der Waals surface area contributed by atoms with Gasteiger partial charge in [-0.15, -0.1) is 0 Å². The number of likely N-dealkylation sites (tertiary alicyclic amines) is 1. The van der Waals surface area contributed by atoms with Gasteiger partial charge in [0.2, 0.25) is 10.0 Å². The van der Waals surface area contributed by atoms with Crippen molar-refractivity contribution in [3.63, 3.8) is 0 Å². The predicted molar refractivity (Wildman–Crippen MR) is 101 cm³/mol. The SMILES string of the molecule is CS(=O)(=O)Nc1ccc(Cl)cc1C(=O)N1CCCC[C@H]1c1cc(N)n[nH]1. The van der Waals surface area contributed by atoms with Gasteiger partial charge in [0.15, 0.2) is 0 Å². The molecule has 2 aromatic rings. The van der Waals surface area contributed by atoms with Crippen LogP contribution in [0, 0.1) is 0 Å². The number of aromatic amines is 1. The number of carbonyl (C=O) groups is 1. The monoisotopic (exact) mass is 397 g/mol. The maximum absolute atomic E-state index is 13.2. The Morgan fingerprint density at radius 1 is 1.38 bits per heavy atom. The first kappa shape index (κ1) is 18.5. The average Bonchev–Trinajstić information content (AvgIpc) is 3.01. The van der Waals surface area contributed by atoms with Gasteiger partial charge in [0.05, 0.1) is 29.2 Å². The summed E-state index contributed by atoms with van der Waals surface area (Å²) in [6.07, 6.45) is 3.63. The van der Waals surface area contributed by atoms with E-state index in [0.29, 0.717) is 17.4 Å². The third-order valence-corrected chi connectivity index (χ3v) is 5.07. The van der Waals surface area contributed by atoms with Crippen LogP contribution in [0.15, 0.2) is 24.3 Å². The van der Waals surface area contributed by atoms with Crippen LogP contribution in [0.5, 0.6) is 0 Å². The van der Waals surface area contributed by atoms with E-state index < -0.39 is 10.0 Å². The summed E-state index contributed by atoms with van der Waals surface area (Å²) in [5, 5.41) is 7.16. The van der Waals surface area contributed by atoms with E-state index in [-0.39, 0.29) is 23.2 Å². The minimum atomic E-state index is -3.54. The number of nitrogens with zero attached hydrogens (tertiary/aromatic N) is 2. The minimum Gasteiger partial charge on any atom is -0.382 e. The van der Waals surface area contributed by atoms with Gasteiger partial charge < -0.3 is 10.6 Å². The average molecular weight is 398 g/mol. The van der Waals surface area contributed by atoms with Gasteiger partial charge in [0.25, 0.3) is 5.91 Å². The van der Waals surface area contributed by atoms with Crippen molar-refractivity contribution in [2.75, 3.05) is 23.3 Å². The fourth-order valence-corrected chi connectivity index (χ4v) is 3.91. The first-order chi connectivity index (χ1) is 12.2. The molecule has 1 saturated heterocycles. The lowest BCUT2D eigenvalue weighted by Gasteiger charge is -2.35. The zero-order valence-corrected chi connectivity index (χ0v) is 15.8. The van der Waals surface area contributed by atoms with E-state index in [1.807, 2.05) is 0 Å². The topological polar surface area (TPSA) is 121 Å². The number of halogens is 1. The third-order valence-electron chi connectivity index (χ3n) is 4.25. The smallest absolute Gasteiger partial charge is 0.256 e. The van der Waals surface area contributed by atoms with E-state index in [0.717, 1.165) is 31.2 Å². The molecular formula is C16H20ClN5O3S. The Bertz CT molecular complexity index is 928. The summed E-state index contributed by atoms with van der Waals surface area (Å²) >= 11 is 6.05. The largest absolute Gasteiger partial charge is 0.382 e. The summed E-state index contributed by atoms with van der Waals surface area (Å²) in [7, 11) is -3.54. The van der Waals surface area contributed by atoms with Crippen LogP contribution >= 0.6 is 11.6 Å². The second-order valence-electron chi connectivity index (χ2n) is 6.32. The molecule has 1 aliphatic heterocycles. The number of nitrogens with two attached hydrogens (primary N) is 1. The van der Waals surface area contributed by atoms with Crippen LogP contribution in [0.1, 0.15) is 41.4 Å². The highest BCUT2D eigenvalue weighted by Crippen LogP contribution is 2.33. The van der Waals surface area contributed by atoms with Crippen LogP contribution in [0.4, 0.5) is 11.5 Å². The normalized spacial score (nSPS) is 17.9. The molecule has 1 amide bonds. The number of benzene rings is 1. The zero-order valence-electron chi connectivity index (χ0n) is 14.2. The van der Waals surface area contributed by atoms with Crippen LogP contribution in [-0.4, -0.2) is 42.2 Å². The fourth-order valence-electron chi connectivity index (χ4n) is 3.16. The number of carbonyl (C=O) groups excluding carboxylic acids is 1. The maximum Gasteiger partial charge on any atom is 0.256 e. The number of hydrogen-bond acceptors (Lipinski definition) is 5. The van der Waals surface area contributed by atoms with Crippen LogP contribution in [0.3, 0.4) is 0 Å². The van der Waals surface area contributed by atoms with Gasteiger partial charge in [-0.2, -0.15) is 5.10 Å². The van der Waals surface area contributed by atoms with Crippen molar-refractivity contribution in [2.24, 2.45) is 0 Å². The second-order valence-corrected chi connectivity index (χ2v) is 8.51. The summed E-state index contributed by atoms with van der Waals surface area (Å²) in [6, 6.07) is 6.01. The minimum absolute atomic E-state index is 0.203. The van der Waals surface area contributed by atoms with Gasteiger partial charge in [-0.25, -0.2) is 8.42 Å². The Balaban J connectivity index is 1.97. The molecule has 140 valence electrons. The van der Waals surface area contributed by atoms with E-state index in [9.17, 15) is 13.2 Å². The number of anilines is 2. The number of nitrogen functional groups attached to an aromatic ring is 1. The molecule has 0 saturated carbocycles. The molecule has 1 atom stereocenters. The lowest BCUT2D eigenvalue weighted by Crippen LogP contribution is -2.39. The van der Waals surface area contributed by atoms with E-state index in [2.05, 4.69) is 14.9 Å². The summed E-state index contributed by atoms with van der Waals surface area (Å²) in [5.74, 6) is 0.0664. The lowest BCUT2D eigenvalue weighted by molar-refractivity contribution is 0.0607. The molecule has 26 heavy (non-hydrogen) atoms. The van der Waals surface area contributed by atoms with E-state index >= 15 is 0 Å². The summed E-state index contributed by atoms with van der Waals surface area (Å²) < 4.78 is 25.6. The van der Waals surface area contributed by atoms with Gasteiger partial charge in [-0.1, -0.05) is 11.6 Å². The molecule has 8 nitrogen and oxygen atoms in total. The number of rotatable bonds is 4. The lowest BCUT2D eigenvalue weighted by atomic mass is 9.98. The quantitative estimate of drug-likeness (QED) is 0.731. The van der Waals surface area contributed by atoms with E-state index in [4.69, 9.17) is 17.3 Å². The van der Waals surface area contributed by atoms with Crippen LogP contribution < -0.4 is 10.5 Å². The third kappa shape index (κ3) is 4.10. The number of aromatic nitrogens is 2. The number of H-pyrrole nitrogens is 1. The maximum atomic E-state index is 13.2. The molecule has 3 rings (SSSR count). The number of piperidine rings is 1. The van der Waals surface area contributed by atoms with Crippen LogP contribution in [-0.2, 0) is 10.0 Å². The summed E-state index contributed by atoms with van der Waals surface area (Å²) in [5.41, 5.74) is 6.87. The molecule has 0 unspecified atom stereocenters. The Hall–Kier alpha value is -2.26. The van der Waals surface area contributed by atoms with Crippen LogP contribution in [0.25, 0.3) is 0 Å². The van der Waals surface area contributed by atoms with Crippen molar-refractivity contribution in [1.29, 1.82) is 0 Å². The molecule has 0 aliphatic carbocycles. The van der Waals surface area contributed by atoms with Crippen molar-refractivity contribution >= 4 is 39.0 Å². The number of amides is 1. The molecular weight excluding hydrogens is 378 g/mol.